The predicted molar refractivity (Wildman–Crippen MR) is 297 cm³/mol. The zero-order valence-electron chi connectivity index (χ0n) is 46.0. The number of rotatable bonds is 34. The number of amides is 8. The fourth-order valence-corrected chi connectivity index (χ4v) is 8.47. The Balaban J connectivity index is 1.51. The third kappa shape index (κ3) is 23.1. The molecule has 1 aromatic heterocycles. The van der Waals surface area contributed by atoms with Crippen molar-refractivity contribution < 1.29 is 63.6 Å². The average Bonchev–Trinajstić information content (AvgIpc) is 3.95. The van der Waals surface area contributed by atoms with Gasteiger partial charge in [0.05, 0.1) is 25.5 Å². The number of H-pyrrole nitrogens is 1. The Hall–Kier alpha value is -8.42. The maximum Gasteiger partial charge on any atom is 0.326 e. The van der Waals surface area contributed by atoms with Crippen molar-refractivity contribution in [3.05, 3.63) is 114 Å². The molecular weight excluding hydrogens is 1050 g/mol. The van der Waals surface area contributed by atoms with Gasteiger partial charge in [-0.15, -0.1) is 0 Å². The van der Waals surface area contributed by atoms with E-state index in [9.17, 15) is 63.6 Å². The van der Waals surface area contributed by atoms with Crippen LogP contribution in [0.2, 0.25) is 0 Å². The van der Waals surface area contributed by atoms with E-state index in [1.165, 1.54) is 61.1 Å². The van der Waals surface area contributed by atoms with Gasteiger partial charge in [0, 0.05) is 37.6 Å². The number of aliphatic hydroxyl groups is 1. The van der Waals surface area contributed by atoms with E-state index >= 15 is 0 Å². The number of carboxylic acids is 1. The highest BCUT2D eigenvalue weighted by molar-refractivity contribution is 5.97. The van der Waals surface area contributed by atoms with Crippen LogP contribution in [0.5, 0.6) is 11.5 Å². The minimum absolute atomic E-state index is 0.00765. The van der Waals surface area contributed by atoms with Gasteiger partial charge in [0.1, 0.15) is 53.8 Å². The third-order valence-corrected chi connectivity index (χ3v) is 12.8. The number of benzene rings is 3. The summed E-state index contributed by atoms with van der Waals surface area (Å²) < 4.78 is 0. The number of nitrogens with two attached hydrogens (primary N) is 2. The van der Waals surface area contributed by atoms with Crippen molar-refractivity contribution in [2.45, 2.75) is 134 Å². The van der Waals surface area contributed by atoms with E-state index in [1.54, 1.807) is 44.2 Å². The molecule has 0 spiro atoms. The van der Waals surface area contributed by atoms with Crippen LogP contribution in [0.4, 0.5) is 0 Å². The van der Waals surface area contributed by atoms with Gasteiger partial charge in [0.15, 0.2) is 0 Å². The highest BCUT2D eigenvalue weighted by atomic mass is 16.4. The van der Waals surface area contributed by atoms with Crippen LogP contribution in [0, 0.1) is 11.8 Å². The number of hydrogen-bond acceptors (Lipinski definition) is 15. The van der Waals surface area contributed by atoms with Gasteiger partial charge >= 0.3 is 5.97 Å². The maximum atomic E-state index is 14.1. The third-order valence-electron chi connectivity index (χ3n) is 12.8. The van der Waals surface area contributed by atoms with Gasteiger partial charge in [0.2, 0.25) is 47.3 Å². The van der Waals surface area contributed by atoms with Crippen LogP contribution in [-0.4, -0.2) is 152 Å². The van der Waals surface area contributed by atoms with Gasteiger partial charge in [-0.3, -0.25) is 38.4 Å². The Morgan fingerprint density at radius 1 is 0.531 bits per heavy atom. The molecule has 440 valence electrons. The lowest BCUT2D eigenvalue weighted by Crippen LogP contribution is -2.60. The number of aromatic hydroxyl groups is 2. The van der Waals surface area contributed by atoms with Crippen LogP contribution in [0.15, 0.2) is 91.4 Å². The normalized spacial score (nSPS) is 14.1. The summed E-state index contributed by atoms with van der Waals surface area (Å²) in [6.45, 7) is 5.79. The summed E-state index contributed by atoms with van der Waals surface area (Å²) >= 11 is 0. The molecule has 81 heavy (non-hydrogen) atoms. The number of hydrogen-bond donors (Lipinski definition) is 15. The van der Waals surface area contributed by atoms with E-state index in [0.717, 1.165) is 0 Å². The zero-order chi connectivity index (χ0) is 59.6. The number of nitrogens with zero attached hydrogens (tertiary/aromatic N) is 1. The highest BCUT2D eigenvalue weighted by Crippen LogP contribution is 2.16. The molecule has 17 N–H and O–H groups in total. The second-order valence-corrected chi connectivity index (χ2v) is 20.6. The number of aliphatic carboxylic acids is 1. The SMILES string of the molecule is CC(C)C[C@H](NC(=O)[C@H](CO)NC(=O)[C@H](Cc1ccc(O)cc1)NC(=O)CNC(=O)[C@H](Cc1ccccc1)NC(=O)[C@H](CC(C)C)NC(=O)[C@@H](N)Cc1cnc[nH]1)C(=O)N[C@@H](Cc1ccc(O)cc1)C(=O)N[C@@H](CCCCN)C(=O)O. The van der Waals surface area contributed by atoms with Crippen molar-refractivity contribution in [3.8, 4) is 11.5 Å². The number of unbranched alkanes of at least 4 members (excludes halogenated alkanes) is 1. The van der Waals surface area contributed by atoms with Crippen LogP contribution in [0.3, 0.4) is 0 Å². The summed E-state index contributed by atoms with van der Waals surface area (Å²) in [6.07, 6.45) is 3.80. The number of imidazole rings is 1. The van der Waals surface area contributed by atoms with Crippen LogP contribution in [0.25, 0.3) is 0 Å². The lowest BCUT2D eigenvalue weighted by Gasteiger charge is -2.27. The van der Waals surface area contributed by atoms with E-state index in [2.05, 4.69) is 52.5 Å². The summed E-state index contributed by atoms with van der Waals surface area (Å²) in [5, 5.41) is 60.7. The number of aromatic nitrogens is 2. The summed E-state index contributed by atoms with van der Waals surface area (Å²) in [4.78, 5) is 130. The molecule has 0 aliphatic carbocycles. The molecule has 0 aliphatic heterocycles. The van der Waals surface area contributed by atoms with Crippen molar-refractivity contribution in [3.63, 3.8) is 0 Å². The summed E-state index contributed by atoms with van der Waals surface area (Å²) in [5.74, 6) is -8.49. The number of carbonyl (C=O) groups is 9. The van der Waals surface area contributed by atoms with E-state index in [0.29, 0.717) is 41.8 Å². The lowest BCUT2D eigenvalue weighted by atomic mass is 10.00. The van der Waals surface area contributed by atoms with Crippen LogP contribution in [-0.2, 0) is 68.8 Å². The summed E-state index contributed by atoms with van der Waals surface area (Å²) in [7, 11) is 0. The molecule has 8 amide bonds. The number of nitrogens with one attached hydrogen (secondary N) is 9. The lowest BCUT2D eigenvalue weighted by molar-refractivity contribution is -0.142. The Morgan fingerprint density at radius 2 is 0.963 bits per heavy atom. The maximum absolute atomic E-state index is 14.1. The van der Waals surface area contributed by atoms with Gasteiger partial charge in [-0.25, -0.2) is 9.78 Å². The Morgan fingerprint density at radius 3 is 1.43 bits per heavy atom. The van der Waals surface area contributed by atoms with E-state index in [4.69, 9.17) is 11.5 Å². The highest BCUT2D eigenvalue weighted by Gasteiger charge is 2.34. The van der Waals surface area contributed by atoms with Crippen molar-refractivity contribution in [2.24, 2.45) is 23.3 Å². The first kappa shape index (κ1) is 65.1. The van der Waals surface area contributed by atoms with Gasteiger partial charge in [0.25, 0.3) is 0 Å². The van der Waals surface area contributed by atoms with E-state index in [1.807, 2.05) is 13.8 Å². The molecular formula is C56H78N12O13. The molecule has 0 saturated heterocycles. The predicted octanol–water partition coefficient (Wildman–Crippen LogP) is -0.773. The largest absolute Gasteiger partial charge is 0.508 e. The first-order valence-corrected chi connectivity index (χ1v) is 26.8. The minimum Gasteiger partial charge on any atom is -0.508 e. The molecule has 25 nitrogen and oxygen atoms in total. The topological polar surface area (TPSA) is 412 Å². The molecule has 0 unspecified atom stereocenters. The molecule has 0 saturated carbocycles. The van der Waals surface area contributed by atoms with Crippen molar-refractivity contribution >= 4 is 53.2 Å². The molecule has 0 radical (unpaired) electrons. The first-order chi connectivity index (χ1) is 38.5. The van der Waals surface area contributed by atoms with E-state index < -0.39 is 115 Å². The van der Waals surface area contributed by atoms with Crippen LogP contribution >= 0.6 is 0 Å². The van der Waals surface area contributed by atoms with Crippen molar-refractivity contribution in [2.75, 3.05) is 19.7 Å². The molecule has 0 fully saturated rings. The monoisotopic (exact) mass is 1130 g/mol. The molecule has 4 aromatic rings. The van der Waals surface area contributed by atoms with Gasteiger partial charge in [-0.05, 0) is 91.4 Å². The number of phenols is 2. The summed E-state index contributed by atoms with van der Waals surface area (Å²) in [6, 6.07) is 9.42. The smallest absolute Gasteiger partial charge is 0.326 e. The molecule has 4 rings (SSSR count). The van der Waals surface area contributed by atoms with Gasteiger partial charge in [-0.1, -0.05) is 82.3 Å². The Kier molecular flexibility index (Phi) is 26.7. The number of carboxylic acid groups (broad SMARTS) is 1. The van der Waals surface area contributed by atoms with E-state index in [-0.39, 0.29) is 68.3 Å². The quantitative estimate of drug-likeness (QED) is 0.0255. The fraction of sp³-hybridized carbons (Fsp3) is 0.464. The summed E-state index contributed by atoms with van der Waals surface area (Å²) in [5.41, 5.74) is 13.9. The van der Waals surface area contributed by atoms with Crippen LogP contribution in [0.1, 0.15) is 82.2 Å². The number of carbonyl (C=O) groups excluding carboxylic acids is 8. The molecule has 25 heteroatoms. The van der Waals surface area contributed by atoms with Crippen molar-refractivity contribution in [1.29, 1.82) is 0 Å². The second-order valence-electron chi connectivity index (χ2n) is 20.6. The standard InChI is InChI=1S/C56H78N12O13/c1-32(2)22-42(64-49(73)40(58)27-37-28-59-31-61-37)51(75)66-44(24-34-10-6-5-7-11-34)50(74)60-29-48(72)62-45(25-35-13-17-38(70)18-14-35)53(77)68-47(30-69)55(79)65-43(23-33(3)4)52(76)67-46(26-36-15-19-39(71)20-16-36)54(78)63-41(56(80)81)12-8-9-21-57/h5-7,10-11,13-20,28,31-33,40-47,69-71H,8-9,12,21-27,29-30,57-58H2,1-4H3,(H,59,61)(H,60,74)(H,62,72)(H,63,78)(H,64,73)(H,65,79)(H,66,75)(H,67,76)(H,68,77)(H,80,81)/t40-,41-,42-,43-,44-,45-,46-,47-/m0/s1. The Bertz CT molecular complexity index is 2680. The average molecular weight is 1130 g/mol. The molecule has 0 aliphatic rings. The van der Waals surface area contributed by atoms with Gasteiger partial charge in [-0.2, -0.15) is 0 Å². The Labute approximate surface area is 470 Å². The molecule has 3 aromatic carbocycles. The zero-order valence-corrected chi connectivity index (χ0v) is 46.0. The minimum atomic E-state index is -1.72. The van der Waals surface area contributed by atoms with Crippen LogP contribution < -0.4 is 54.0 Å². The molecule has 0 bridgehead atoms. The second kappa shape index (κ2) is 33.2. The number of aromatic amines is 1. The first-order valence-electron chi connectivity index (χ1n) is 26.8. The number of aliphatic hydroxyl groups excluding tert-OH is 1. The number of phenolic OH excluding ortho intramolecular Hbond substituents is 2. The van der Waals surface area contributed by atoms with Crippen molar-refractivity contribution in [1.82, 2.24) is 52.5 Å². The van der Waals surface area contributed by atoms with Gasteiger partial charge < -0.3 is 79.4 Å². The fourth-order valence-electron chi connectivity index (χ4n) is 8.47. The molecule has 8 atom stereocenters. The molecule has 1 heterocycles.